The van der Waals surface area contributed by atoms with Crippen molar-refractivity contribution in [3.8, 4) is 17.1 Å². The Morgan fingerprint density at radius 1 is 1.16 bits per heavy atom. The molecule has 0 atom stereocenters. The van der Waals surface area contributed by atoms with Crippen LogP contribution >= 0.6 is 0 Å². The Bertz CT molecular complexity index is 558. The minimum absolute atomic E-state index is 0.552. The molecule has 0 aliphatic rings. The van der Waals surface area contributed by atoms with Gasteiger partial charge in [0.25, 0.3) is 0 Å². The Labute approximate surface area is 113 Å². The van der Waals surface area contributed by atoms with Gasteiger partial charge in [-0.1, -0.05) is 19.1 Å². The number of nitrogens with zero attached hydrogens (tertiary/aromatic N) is 2. The highest BCUT2D eigenvalue weighted by molar-refractivity contribution is 5.66. The van der Waals surface area contributed by atoms with Gasteiger partial charge in [0.1, 0.15) is 11.6 Å². The maximum Gasteiger partial charge on any atom is 0.165 e. The fourth-order valence-corrected chi connectivity index (χ4v) is 2.11. The quantitative estimate of drug-likeness (QED) is 0.914. The maximum atomic E-state index is 6.00. The topological polar surface area (TPSA) is 61.0 Å². The summed E-state index contributed by atoms with van der Waals surface area (Å²) in [4.78, 5) is 8.95. The molecule has 2 N–H and O–H groups in total. The molecular weight excluding hydrogens is 238 g/mol. The molecule has 0 radical (unpaired) electrons. The third kappa shape index (κ3) is 2.67. The van der Waals surface area contributed by atoms with Crippen LogP contribution in [0.2, 0.25) is 0 Å². The fourth-order valence-electron chi connectivity index (χ4n) is 2.11. The molecule has 1 heterocycles. The number of para-hydroxylation sites is 1. The van der Waals surface area contributed by atoms with Gasteiger partial charge in [-0.15, -0.1) is 0 Å². The largest absolute Gasteiger partial charge is 0.493 e. The van der Waals surface area contributed by atoms with Crippen LogP contribution in [0.1, 0.15) is 25.1 Å². The Morgan fingerprint density at radius 2 is 1.89 bits per heavy atom. The van der Waals surface area contributed by atoms with Gasteiger partial charge in [-0.3, -0.25) is 0 Å². The van der Waals surface area contributed by atoms with Crippen molar-refractivity contribution < 1.29 is 4.74 Å². The maximum absolute atomic E-state index is 6.00. The van der Waals surface area contributed by atoms with Crippen LogP contribution in [-0.2, 0) is 6.42 Å². The van der Waals surface area contributed by atoms with E-state index < -0.39 is 0 Å². The van der Waals surface area contributed by atoms with Crippen molar-refractivity contribution in [3.63, 3.8) is 0 Å². The number of aromatic nitrogens is 2. The summed E-state index contributed by atoms with van der Waals surface area (Å²) in [7, 11) is 0. The summed E-state index contributed by atoms with van der Waals surface area (Å²) in [5, 5.41) is 0. The Balaban J connectivity index is 2.53. The van der Waals surface area contributed by atoms with E-state index in [9.17, 15) is 0 Å². The van der Waals surface area contributed by atoms with Crippen LogP contribution in [0.15, 0.2) is 24.3 Å². The van der Waals surface area contributed by atoms with E-state index in [1.165, 1.54) is 0 Å². The monoisotopic (exact) mass is 257 g/mol. The fraction of sp³-hybridized carbons (Fsp3) is 0.333. The van der Waals surface area contributed by atoms with Crippen molar-refractivity contribution in [1.82, 2.24) is 9.97 Å². The zero-order valence-electron chi connectivity index (χ0n) is 11.6. The molecule has 1 aromatic heterocycles. The normalized spacial score (nSPS) is 10.5. The highest BCUT2D eigenvalue weighted by atomic mass is 16.5. The lowest BCUT2D eigenvalue weighted by Gasteiger charge is -2.12. The lowest BCUT2D eigenvalue weighted by atomic mass is 10.1. The molecule has 0 saturated carbocycles. The van der Waals surface area contributed by atoms with Gasteiger partial charge in [-0.2, -0.15) is 0 Å². The van der Waals surface area contributed by atoms with Crippen LogP contribution in [0.4, 0.5) is 5.82 Å². The second-order valence-electron chi connectivity index (χ2n) is 4.28. The Kier molecular flexibility index (Phi) is 4.00. The first kappa shape index (κ1) is 13.3. The molecule has 1 aromatic carbocycles. The average Bonchev–Trinajstić information content (AvgIpc) is 2.39. The molecule has 4 nitrogen and oxygen atoms in total. The Morgan fingerprint density at radius 3 is 2.53 bits per heavy atom. The summed E-state index contributed by atoms with van der Waals surface area (Å²) in [6, 6.07) is 7.75. The first-order chi connectivity index (χ1) is 9.17. The average molecular weight is 257 g/mol. The number of hydrogen-bond acceptors (Lipinski definition) is 4. The SMILES string of the molecule is CCOc1ccccc1-c1nc(C)c(CC)c(N)n1. The van der Waals surface area contributed by atoms with Gasteiger partial charge in [0, 0.05) is 11.3 Å². The summed E-state index contributed by atoms with van der Waals surface area (Å²) in [5.74, 6) is 1.96. The number of hydrogen-bond donors (Lipinski definition) is 1. The van der Waals surface area contributed by atoms with Crippen LogP contribution in [0.3, 0.4) is 0 Å². The predicted octanol–water partition coefficient (Wildman–Crippen LogP) is 3.00. The Hall–Kier alpha value is -2.10. The number of anilines is 1. The smallest absolute Gasteiger partial charge is 0.165 e. The summed E-state index contributed by atoms with van der Waals surface area (Å²) in [6.07, 6.45) is 0.838. The molecule has 0 aliphatic heterocycles. The second kappa shape index (κ2) is 5.69. The van der Waals surface area contributed by atoms with E-state index in [2.05, 4.69) is 16.9 Å². The van der Waals surface area contributed by atoms with Crippen LogP contribution in [-0.4, -0.2) is 16.6 Å². The molecule has 19 heavy (non-hydrogen) atoms. The molecule has 0 fully saturated rings. The van der Waals surface area contributed by atoms with Gasteiger partial charge in [0.15, 0.2) is 5.82 Å². The van der Waals surface area contributed by atoms with Gasteiger partial charge in [0.2, 0.25) is 0 Å². The number of benzene rings is 1. The lowest BCUT2D eigenvalue weighted by Crippen LogP contribution is -2.05. The predicted molar refractivity (Wildman–Crippen MR) is 77.2 cm³/mol. The van der Waals surface area contributed by atoms with E-state index in [0.717, 1.165) is 29.0 Å². The van der Waals surface area contributed by atoms with E-state index in [0.29, 0.717) is 18.2 Å². The minimum atomic E-state index is 0.552. The van der Waals surface area contributed by atoms with Crippen LogP contribution in [0.5, 0.6) is 5.75 Å². The zero-order chi connectivity index (χ0) is 13.8. The minimum Gasteiger partial charge on any atom is -0.493 e. The summed E-state index contributed by atoms with van der Waals surface area (Å²) >= 11 is 0. The van der Waals surface area contributed by atoms with Crippen molar-refractivity contribution in [2.45, 2.75) is 27.2 Å². The first-order valence-corrected chi connectivity index (χ1v) is 6.52. The molecule has 0 unspecified atom stereocenters. The molecule has 0 saturated heterocycles. The number of rotatable bonds is 4. The molecular formula is C15H19N3O. The van der Waals surface area contributed by atoms with Gasteiger partial charge < -0.3 is 10.5 Å². The number of nitrogen functional groups attached to an aromatic ring is 1. The number of ether oxygens (including phenoxy) is 1. The van der Waals surface area contributed by atoms with E-state index in [1.807, 2.05) is 38.1 Å². The van der Waals surface area contributed by atoms with Gasteiger partial charge >= 0.3 is 0 Å². The first-order valence-electron chi connectivity index (χ1n) is 6.52. The van der Waals surface area contributed by atoms with Crippen LogP contribution in [0.25, 0.3) is 11.4 Å². The van der Waals surface area contributed by atoms with Crippen molar-refractivity contribution >= 4 is 5.82 Å². The molecule has 0 aliphatic carbocycles. The van der Waals surface area contributed by atoms with E-state index in [4.69, 9.17) is 10.5 Å². The third-order valence-electron chi connectivity index (χ3n) is 3.03. The summed E-state index contributed by atoms with van der Waals surface area (Å²) < 4.78 is 5.61. The molecule has 4 heteroatoms. The standard InChI is InChI=1S/C15H19N3O/c1-4-11-10(3)17-15(18-14(11)16)12-8-6-7-9-13(12)19-5-2/h6-9H,4-5H2,1-3H3,(H2,16,17,18). The molecule has 0 spiro atoms. The van der Waals surface area contributed by atoms with Gasteiger partial charge in [-0.25, -0.2) is 9.97 Å². The zero-order valence-corrected chi connectivity index (χ0v) is 11.6. The van der Waals surface area contributed by atoms with Crippen molar-refractivity contribution in [2.75, 3.05) is 12.3 Å². The van der Waals surface area contributed by atoms with Gasteiger partial charge in [-0.05, 0) is 32.4 Å². The van der Waals surface area contributed by atoms with Crippen LogP contribution < -0.4 is 10.5 Å². The van der Waals surface area contributed by atoms with Gasteiger partial charge in [0.05, 0.1) is 12.2 Å². The summed E-state index contributed by atoms with van der Waals surface area (Å²) in [6.45, 7) is 6.58. The van der Waals surface area contributed by atoms with Crippen molar-refractivity contribution in [2.24, 2.45) is 0 Å². The van der Waals surface area contributed by atoms with Crippen molar-refractivity contribution in [1.29, 1.82) is 0 Å². The van der Waals surface area contributed by atoms with Crippen molar-refractivity contribution in [3.05, 3.63) is 35.5 Å². The summed E-state index contributed by atoms with van der Waals surface area (Å²) in [5.41, 5.74) is 8.82. The van der Waals surface area contributed by atoms with E-state index in [1.54, 1.807) is 0 Å². The number of nitrogens with two attached hydrogens (primary N) is 1. The highest BCUT2D eigenvalue weighted by Gasteiger charge is 2.12. The molecule has 0 bridgehead atoms. The molecule has 2 rings (SSSR count). The lowest BCUT2D eigenvalue weighted by molar-refractivity contribution is 0.341. The molecule has 2 aromatic rings. The second-order valence-corrected chi connectivity index (χ2v) is 4.28. The van der Waals surface area contributed by atoms with E-state index >= 15 is 0 Å². The third-order valence-corrected chi connectivity index (χ3v) is 3.03. The van der Waals surface area contributed by atoms with E-state index in [-0.39, 0.29) is 0 Å². The molecule has 0 amide bonds. The van der Waals surface area contributed by atoms with Crippen LogP contribution in [0, 0.1) is 6.92 Å². The molecule has 100 valence electrons. The number of aryl methyl sites for hydroxylation is 1. The highest BCUT2D eigenvalue weighted by Crippen LogP contribution is 2.29.